The number of carbonyl (C=O) groups is 3. The average Bonchev–Trinajstić information content (AvgIpc) is 3.21. The largest absolute Gasteiger partial charge is 0.480 e. The highest BCUT2D eigenvalue weighted by molar-refractivity contribution is 5.80. The summed E-state index contributed by atoms with van der Waals surface area (Å²) in [5, 5.41) is 15.3. The summed E-state index contributed by atoms with van der Waals surface area (Å²) in [6.07, 6.45) is 26.8. The van der Waals surface area contributed by atoms with E-state index in [0.29, 0.717) is 12.1 Å². The van der Waals surface area contributed by atoms with E-state index in [1.807, 2.05) is 36.4 Å². The maximum absolute atomic E-state index is 11.8. The lowest BCUT2D eigenvalue weighted by Gasteiger charge is -2.30. The standard InChI is InChI=1S/C20H21NO6.C12H23N.2C6H13N/c22-18(26-13-15-7-3-1-4-8-15)12-11-17(19(23)24)21-20(25)27-14-16-9-5-2-6-10-16;1-3-7-11(8-4-1)13-12-9-5-2-6-10-12;2*7-6-4-2-1-3-5-6/h1-10,17H,11-14H2,(H,21,25)(H,23,24);11-13H,1-10H2;2*6H,1-5,7H2/t17-;;;/m1.../s1. The molecule has 4 saturated carbocycles. The number of rotatable bonds is 11. The fourth-order valence-corrected chi connectivity index (χ4v) is 7.38. The van der Waals surface area contributed by atoms with Gasteiger partial charge < -0.3 is 36.7 Å². The molecule has 0 saturated heterocycles. The van der Waals surface area contributed by atoms with E-state index in [2.05, 4.69) is 10.6 Å². The van der Waals surface area contributed by atoms with Crippen molar-refractivity contribution in [3.8, 4) is 0 Å². The Bertz CT molecular complexity index is 1230. The van der Waals surface area contributed by atoms with Crippen molar-refractivity contribution in [3.63, 3.8) is 0 Å². The number of benzene rings is 2. The van der Waals surface area contributed by atoms with E-state index >= 15 is 0 Å². The fraction of sp³-hybridized carbons (Fsp3) is 0.659. The predicted molar refractivity (Wildman–Crippen MR) is 216 cm³/mol. The normalized spacial score (nSPS) is 18.9. The summed E-state index contributed by atoms with van der Waals surface area (Å²) in [6.45, 7) is 0.141. The van der Waals surface area contributed by atoms with Crippen LogP contribution in [0.1, 0.15) is 152 Å². The van der Waals surface area contributed by atoms with Crippen LogP contribution in [-0.2, 0) is 32.3 Å². The van der Waals surface area contributed by atoms with Gasteiger partial charge in [0.15, 0.2) is 0 Å². The zero-order valence-electron chi connectivity index (χ0n) is 32.8. The van der Waals surface area contributed by atoms with E-state index in [0.717, 1.165) is 23.2 Å². The van der Waals surface area contributed by atoms with Gasteiger partial charge in [0.2, 0.25) is 0 Å². The van der Waals surface area contributed by atoms with Gasteiger partial charge in [-0.1, -0.05) is 138 Å². The summed E-state index contributed by atoms with van der Waals surface area (Å²) in [6, 6.07) is 19.7. The van der Waals surface area contributed by atoms with E-state index in [1.165, 1.54) is 128 Å². The molecule has 0 radical (unpaired) electrons. The van der Waals surface area contributed by atoms with Crippen LogP contribution in [0.5, 0.6) is 0 Å². The number of esters is 1. The second-order valence-corrected chi connectivity index (χ2v) is 15.4. The van der Waals surface area contributed by atoms with Gasteiger partial charge in [0.25, 0.3) is 0 Å². The highest BCUT2D eigenvalue weighted by atomic mass is 16.5. The molecule has 0 heterocycles. The Labute approximate surface area is 324 Å². The molecule has 0 spiro atoms. The van der Waals surface area contributed by atoms with Gasteiger partial charge in [0, 0.05) is 30.6 Å². The highest BCUT2D eigenvalue weighted by Gasteiger charge is 2.22. The number of aliphatic carboxylic acids is 1. The van der Waals surface area contributed by atoms with Gasteiger partial charge in [-0.2, -0.15) is 0 Å². The molecule has 1 atom stereocenters. The van der Waals surface area contributed by atoms with E-state index in [-0.39, 0.29) is 26.1 Å². The fourth-order valence-electron chi connectivity index (χ4n) is 7.38. The summed E-state index contributed by atoms with van der Waals surface area (Å²) in [7, 11) is 0. The summed E-state index contributed by atoms with van der Waals surface area (Å²) < 4.78 is 10.1. The molecule has 6 rings (SSSR count). The first kappa shape index (κ1) is 44.9. The molecule has 302 valence electrons. The van der Waals surface area contributed by atoms with Crippen LogP contribution in [0.4, 0.5) is 4.79 Å². The number of carboxylic acid groups (broad SMARTS) is 1. The quantitative estimate of drug-likeness (QED) is 0.141. The predicted octanol–water partition coefficient (Wildman–Crippen LogP) is 8.69. The second kappa shape index (κ2) is 28.0. The molecule has 4 aliphatic rings. The van der Waals surface area contributed by atoms with Crippen molar-refractivity contribution in [1.82, 2.24) is 10.6 Å². The molecule has 54 heavy (non-hydrogen) atoms. The SMILES string of the molecule is C1CCC(NC2CCCCC2)CC1.NC1CCCCC1.NC1CCCCC1.O=C(CC[C@@H](NC(=O)OCc1ccccc1)C(=O)O)OCc1ccccc1. The maximum atomic E-state index is 11.8. The summed E-state index contributed by atoms with van der Waals surface area (Å²) in [5.74, 6) is -1.79. The molecule has 4 aliphatic carbocycles. The number of carboxylic acids is 1. The van der Waals surface area contributed by atoms with Crippen molar-refractivity contribution >= 4 is 18.0 Å². The zero-order valence-corrected chi connectivity index (χ0v) is 32.8. The molecule has 4 fully saturated rings. The monoisotopic (exact) mass is 751 g/mol. The zero-order chi connectivity index (χ0) is 38.6. The third kappa shape index (κ3) is 21.4. The van der Waals surface area contributed by atoms with E-state index in [9.17, 15) is 19.5 Å². The molecule has 1 amide bonds. The third-order valence-electron chi connectivity index (χ3n) is 10.7. The molecule has 0 aliphatic heterocycles. The van der Waals surface area contributed by atoms with Gasteiger partial charge in [0.1, 0.15) is 19.3 Å². The van der Waals surface area contributed by atoms with Crippen molar-refractivity contribution in [2.75, 3.05) is 0 Å². The molecular formula is C44H70N4O6. The summed E-state index contributed by atoms with van der Waals surface area (Å²) >= 11 is 0. The van der Waals surface area contributed by atoms with Gasteiger partial charge in [-0.05, 0) is 68.9 Å². The lowest BCUT2D eigenvalue weighted by molar-refractivity contribution is -0.145. The molecule has 2 aromatic carbocycles. The lowest BCUT2D eigenvalue weighted by atomic mass is 9.91. The summed E-state index contributed by atoms with van der Waals surface area (Å²) in [4.78, 5) is 34.8. The highest BCUT2D eigenvalue weighted by Crippen LogP contribution is 2.22. The van der Waals surface area contributed by atoms with Crippen LogP contribution >= 0.6 is 0 Å². The van der Waals surface area contributed by atoms with Crippen molar-refractivity contribution < 1.29 is 29.0 Å². The van der Waals surface area contributed by atoms with Crippen LogP contribution in [-0.4, -0.2) is 53.3 Å². The topological polar surface area (TPSA) is 166 Å². The Morgan fingerprint density at radius 2 is 0.981 bits per heavy atom. The number of amides is 1. The molecule has 0 bridgehead atoms. The molecule has 2 aromatic rings. The Balaban J connectivity index is 0.000000235. The average molecular weight is 751 g/mol. The molecule has 10 nitrogen and oxygen atoms in total. The number of nitrogens with one attached hydrogen (secondary N) is 2. The van der Waals surface area contributed by atoms with Crippen molar-refractivity contribution in [3.05, 3.63) is 71.8 Å². The van der Waals surface area contributed by atoms with Crippen LogP contribution < -0.4 is 22.1 Å². The van der Waals surface area contributed by atoms with Gasteiger partial charge in [-0.3, -0.25) is 4.79 Å². The van der Waals surface area contributed by atoms with Gasteiger partial charge >= 0.3 is 18.0 Å². The Morgan fingerprint density at radius 1 is 0.593 bits per heavy atom. The number of hydrogen-bond acceptors (Lipinski definition) is 8. The minimum absolute atomic E-state index is 0.0259. The van der Waals surface area contributed by atoms with Crippen molar-refractivity contribution in [2.45, 2.75) is 185 Å². The first-order chi connectivity index (χ1) is 26.3. The van der Waals surface area contributed by atoms with Crippen LogP contribution in [0.2, 0.25) is 0 Å². The van der Waals surface area contributed by atoms with Gasteiger partial charge in [-0.15, -0.1) is 0 Å². The number of alkyl carbamates (subject to hydrolysis) is 1. The van der Waals surface area contributed by atoms with Crippen LogP contribution in [0, 0.1) is 0 Å². The van der Waals surface area contributed by atoms with Gasteiger partial charge in [0.05, 0.1) is 0 Å². The van der Waals surface area contributed by atoms with E-state index < -0.39 is 24.1 Å². The minimum Gasteiger partial charge on any atom is -0.480 e. The number of nitrogens with two attached hydrogens (primary N) is 2. The van der Waals surface area contributed by atoms with Crippen LogP contribution in [0.25, 0.3) is 0 Å². The second-order valence-electron chi connectivity index (χ2n) is 15.4. The first-order valence-electron chi connectivity index (χ1n) is 20.9. The maximum Gasteiger partial charge on any atom is 0.408 e. The molecule has 10 heteroatoms. The summed E-state index contributed by atoms with van der Waals surface area (Å²) in [5.41, 5.74) is 12.9. The Hall–Kier alpha value is -3.47. The van der Waals surface area contributed by atoms with Crippen molar-refractivity contribution in [1.29, 1.82) is 0 Å². The number of ether oxygens (including phenoxy) is 2. The minimum atomic E-state index is -1.25. The molecule has 0 unspecified atom stereocenters. The van der Waals surface area contributed by atoms with E-state index in [1.54, 1.807) is 24.3 Å². The number of carbonyl (C=O) groups excluding carboxylic acids is 2. The molecule has 7 N–H and O–H groups in total. The third-order valence-corrected chi connectivity index (χ3v) is 10.7. The van der Waals surface area contributed by atoms with E-state index in [4.69, 9.17) is 20.9 Å². The lowest BCUT2D eigenvalue weighted by Crippen LogP contribution is -2.41. The molecule has 0 aromatic heterocycles. The first-order valence-corrected chi connectivity index (χ1v) is 20.9. The smallest absolute Gasteiger partial charge is 0.408 e. The Morgan fingerprint density at radius 3 is 1.35 bits per heavy atom. The molecular weight excluding hydrogens is 681 g/mol. The van der Waals surface area contributed by atoms with Crippen LogP contribution in [0.3, 0.4) is 0 Å². The van der Waals surface area contributed by atoms with Crippen molar-refractivity contribution in [2.24, 2.45) is 11.5 Å². The van der Waals surface area contributed by atoms with Crippen LogP contribution in [0.15, 0.2) is 60.7 Å². The Kier molecular flexibility index (Phi) is 23.3. The number of hydrogen-bond donors (Lipinski definition) is 5. The van der Waals surface area contributed by atoms with Gasteiger partial charge in [-0.25, -0.2) is 9.59 Å².